The predicted molar refractivity (Wildman–Crippen MR) is 83.3 cm³/mol. The normalized spacial score (nSPS) is 16.1. The minimum absolute atomic E-state index is 0.0501. The lowest BCUT2D eigenvalue weighted by molar-refractivity contribution is -0.143. The summed E-state index contributed by atoms with van der Waals surface area (Å²) >= 11 is 0. The third-order valence-corrected chi connectivity index (χ3v) is 3.88. The second kappa shape index (κ2) is 7.13. The molecule has 1 aromatic rings. The van der Waals surface area contributed by atoms with Crippen LogP contribution >= 0.6 is 0 Å². The van der Waals surface area contributed by atoms with Gasteiger partial charge >= 0.3 is 11.9 Å². The fourth-order valence-corrected chi connectivity index (χ4v) is 2.42. The minimum atomic E-state index is -1.06. The summed E-state index contributed by atoms with van der Waals surface area (Å²) in [5.41, 5.74) is 0.637. The van der Waals surface area contributed by atoms with Gasteiger partial charge in [0, 0.05) is 0 Å². The molecular formula is C16H20N2O5. The second-order valence-electron chi connectivity index (χ2n) is 5.57. The first-order valence-electron chi connectivity index (χ1n) is 7.49. The van der Waals surface area contributed by atoms with Gasteiger partial charge in [-0.3, -0.25) is 4.79 Å². The lowest BCUT2D eigenvalue weighted by atomic mass is 9.99. The van der Waals surface area contributed by atoms with Gasteiger partial charge in [-0.25, -0.2) is 9.59 Å². The molecule has 0 aromatic heterocycles. The molecule has 0 radical (unpaired) electrons. The molecule has 0 spiro atoms. The summed E-state index contributed by atoms with van der Waals surface area (Å²) < 4.78 is 5.11. The van der Waals surface area contributed by atoms with Crippen molar-refractivity contribution in [3.63, 3.8) is 0 Å². The number of carbonyl (C=O) groups is 3. The van der Waals surface area contributed by atoms with Gasteiger partial charge in [0.15, 0.2) is 5.75 Å². The van der Waals surface area contributed by atoms with E-state index in [1.54, 1.807) is 36.1 Å². The third-order valence-electron chi connectivity index (χ3n) is 3.88. The average Bonchev–Trinajstić information content (AvgIpc) is 2.51. The highest BCUT2D eigenvalue weighted by Crippen LogP contribution is 2.30. The van der Waals surface area contributed by atoms with E-state index in [9.17, 15) is 19.5 Å². The van der Waals surface area contributed by atoms with Crippen LogP contribution in [0.1, 0.15) is 20.3 Å². The van der Waals surface area contributed by atoms with Crippen LogP contribution in [-0.2, 0) is 14.4 Å². The number of para-hydroxylation sites is 2. The number of benzene rings is 1. The van der Waals surface area contributed by atoms with Crippen molar-refractivity contribution in [2.75, 3.05) is 18.0 Å². The molecule has 1 aliphatic heterocycles. The Morgan fingerprint density at radius 1 is 1.39 bits per heavy atom. The monoisotopic (exact) mass is 320 g/mol. The zero-order valence-corrected chi connectivity index (χ0v) is 13.1. The predicted octanol–water partition coefficient (Wildman–Crippen LogP) is 1.03. The largest absolute Gasteiger partial charge is 0.480 e. The van der Waals surface area contributed by atoms with Crippen molar-refractivity contribution < 1.29 is 24.2 Å². The number of aliphatic carboxylic acids is 1. The first-order chi connectivity index (χ1) is 10.9. The van der Waals surface area contributed by atoms with Crippen molar-refractivity contribution in [2.45, 2.75) is 26.3 Å². The lowest BCUT2D eigenvalue weighted by Crippen LogP contribution is -2.50. The van der Waals surface area contributed by atoms with Gasteiger partial charge in [-0.1, -0.05) is 32.4 Å². The van der Waals surface area contributed by atoms with E-state index in [0.29, 0.717) is 17.9 Å². The number of carboxylic acids is 1. The molecule has 1 aliphatic rings. The molecule has 1 aromatic carbocycles. The summed E-state index contributed by atoms with van der Waals surface area (Å²) in [7, 11) is 0. The molecule has 0 bridgehead atoms. The standard InChI is InChI=1S/C16H20N2O5/c1-3-10(2)15(16(21)22)17-13(19)8-18-9-14(20)23-12-7-5-4-6-11(12)18/h4-7,10,15H,3,8-9H2,1-2H3,(H,17,19)(H,21,22). The topological polar surface area (TPSA) is 95.9 Å². The molecule has 0 saturated heterocycles. The van der Waals surface area contributed by atoms with E-state index in [1.165, 1.54) is 0 Å². The third kappa shape index (κ3) is 4.00. The van der Waals surface area contributed by atoms with Crippen LogP contribution in [-0.4, -0.2) is 42.1 Å². The second-order valence-corrected chi connectivity index (χ2v) is 5.57. The van der Waals surface area contributed by atoms with Crippen molar-refractivity contribution in [3.8, 4) is 5.75 Å². The Labute approximate surface area is 134 Å². The van der Waals surface area contributed by atoms with Gasteiger partial charge in [-0.05, 0) is 18.1 Å². The molecule has 1 amide bonds. The first-order valence-corrected chi connectivity index (χ1v) is 7.49. The summed E-state index contributed by atoms with van der Waals surface area (Å²) in [5.74, 6) is -1.75. The number of rotatable bonds is 6. The van der Waals surface area contributed by atoms with Crippen LogP contribution < -0.4 is 15.0 Å². The van der Waals surface area contributed by atoms with Gasteiger partial charge in [0.05, 0.1) is 12.2 Å². The maximum absolute atomic E-state index is 12.2. The van der Waals surface area contributed by atoms with Gasteiger partial charge in [0.1, 0.15) is 12.6 Å². The van der Waals surface area contributed by atoms with Crippen LogP contribution in [0.25, 0.3) is 0 Å². The smallest absolute Gasteiger partial charge is 0.331 e. The molecule has 2 unspecified atom stereocenters. The summed E-state index contributed by atoms with van der Waals surface area (Å²) in [6.45, 7) is 3.48. The minimum Gasteiger partial charge on any atom is -0.480 e. The van der Waals surface area contributed by atoms with Crippen LogP contribution in [0.4, 0.5) is 5.69 Å². The Morgan fingerprint density at radius 3 is 2.74 bits per heavy atom. The Morgan fingerprint density at radius 2 is 2.09 bits per heavy atom. The zero-order valence-electron chi connectivity index (χ0n) is 13.1. The average molecular weight is 320 g/mol. The van der Waals surface area contributed by atoms with Crippen molar-refractivity contribution in [1.82, 2.24) is 5.32 Å². The fourth-order valence-electron chi connectivity index (χ4n) is 2.42. The number of hydrogen-bond donors (Lipinski definition) is 2. The van der Waals surface area contributed by atoms with Gasteiger partial charge < -0.3 is 20.1 Å². The summed E-state index contributed by atoms with van der Waals surface area (Å²) in [6, 6.07) is 5.97. The number of esters is 1. The van der Waals surface area contributed by atoms with E-state index in [1.807, 2.05) is 6.92 Å². The molecule has 0 saturated carbocycles. The number of carboxylic acid groups (broad SMARTS) is 1. The fraction of sp³-hybridized carbons (Fsp3) is 0.438. The van der Waals surface area contributed by atoms with Crippen LogP contribution in [0.2, 0.25) is 0 Å². The number of ether oxygens (including phenoxy) is 1. The number of amides is 1. The van der Waals surface area contributed by atoms with Crippen LogP contribution in [0.5, 0.6) is 5.75 Å². The van der Waals surface area contributed by atoms with Crippen molar-refractivity contribution >= 4 is 23.5 Å². The highest BCUT2D eigenvalue weighted by Gasteiger charge is 2.29. The van der Waals surface area contributed by atoms with Gasteiger partial charge in [-0.2, -0.15) is 0 Å². The maximum atomic E-state index is 12.2. The van der Waals surface area contributed by atoms with Crippen molar-refractivity contribution in [2.24, 2.45) is 5.92 Å². The Hall–Kier alpha value is -2.57. The van der Waals surface area contributed by atoms with E-state index in [-0.39, 0.29) is 19.0 Å². The zero-order chi connectivity index (χ0) is 17.0. The number of carbonyl (C=O) groups excluding carboxylic acids is 2. The van der Waals surface area contributed by atoms with E-state index in [2.05, 4.69) is 5.32 Å². The highest BCUT2D eigenvalue weighted by atomic mass is 16.5. The van der Waals surface area contributed by atoms with Gasteiger partial charge in [0.2, 0.25) is 5.91 Å². The number of hydrogen-bond acceptors (Lipinski definition) is 5. The van der Waals surface area contributed by atoms with Gasteiger partial charge in [-0.15, -0.1) is 0 Å². The summed E-state index contributed by atoms with van der Waals surface area (Å²) in [4.78, 5) is 36.7. The molecule has 2 atom stereocenters. The Bertz CT molecular complexity index is 616. The van der Waals surface area contributed by atoms with E-state index >= 15 is 0 Å². The van der Waals surface area contributed by atoms with Crippen molar-refractivity contribution in [1.29, 1.82) is 0 Å². The maximum Gasteiger partial charge on any atom is 0.331 e. The van der Waals surface area contributed by atoms with E-state index in [0.717, 1.165) is 0 Å². The number of anilines is 1. The molecule has 0 aliphatic carbocycles. The Kier molecular flexibility index (Phi) is 5.20. The molecule has 2 N–H and O–H groups in total. The van der Waals surface area contributed by atoms with Crippen LogP contribution in [0.15, 0.2) is 24.3 Å². The van der Waals surface area contributed by atoms with Crippen molar-refractivity contribution in [3.05, 3.63) is 24.3 Å². The van der Waals surface area contributed by atoms with Gasteiger partial charge in [0.25, 0.3) is 0 Å². The number of nitrogens with one attached hydrogen (secondary N) is 1. The SMILES string of the molecule is CCC(C)C(NC(=O)CN1CC(=O)Oc2ccccc21)C(=O)O. The van der Waals surface area contributed by atoms with E-state index < -0.39 is 23.9 Å². The molecule has 7 heteroatoms. The Balaban J connectivity index is 2.08. The molecule has 7 nitrogen and oxygen atoms in total. The lowest BCUT2D eigenvalue weighted by Gasteiger charge is -2.30. The number of nitrogens with zero attached hydrogens (tertiary/aromatic N) is 1. The summed E-state index contributed by atoms with van der Waals surface area (Å²) in [6.07, 6.45) is 0.635. The van der Waals surface area contributed by atoms with E-state index in [4.69, 9.17) is 4.74 Å². The molecule has 23 heavy (non-hydrogen) atoms. The highest BCUT2D eigenvalue weighted by molar-refractivity contribution is 5.91. The quantitative estimate of drug-likeness (QED) is 0.600. The molecule has 1 heterocycles. The van der Waals surface area contributed by atoms with Crippen LogP contribution in [0, 0.1) is 5.92 Å². The van der Waals surface area contributed by atoms with Crippen LogP contribution in [0.3, 0.4) is 0 Å². The molecule has 124 valence electrons. The molecular weight excluding hydrogens is 300 g/mol. The number of fused-ring (bicyclic) bond motifs is 1. The molecule has 2 rings (SSSR count). The summed E-state index contributed by atoms with van der Waals surface area (Å²) in [5, 5.41) is 11.8. The first kappa shape index (κ1) is 16.8. The molecule has 0 fully saturated rings.